The number of nitrogens with one attached hydrogen (secondary N) is 1. The van der Waals surface area contributed by atoms with Crippen molar-refractivity contribution < 1.29 is 0 Å². The van der Waals surface area contributed by atoms with Crippen LogP contribution in [-0.4, -0.2) is 15.8 Å². The normalized spacial score (nSPS) is 13.4. The molecule has 3 heteroatoms. The molecule has 0 fully saturated rings. The van der Waals surface area contributed by atoms with Crippen molar-refractivity contribution >= 4 is 0 Å². The molecule has 1 aromatic rings. The van der Waals surface area contributed by atoms with E-state index >= 15 is 0 Å². The zero-order valence-corrected chi connectivity index (χ0v) is 10.3. The van der Waals surface area contributed by atoms with Gasteiger partial charge in [0.15, 0.2) is 0 Å². The van der Waals surface area contributed by atoms with Gasteiger partial charge in [-0.05, 0) is 12.5 Å². The first-order valence-corrected chi connectivity index (χ1v) is 5.89. The van der Waals surface area contributed by atoms with E-state index < -0.39 is 0 Å². The fraction of sp³-hybridized carbons (Fsp3) is 0.750. The molecule has 0 radical (unpaired) electrons. The van der Waals surface area contributed by atoms with Crippen LogP contribution in [0.1, 0.15) is 51.8 Å². The zero-order valence-electron chi connectivity index (χ0n) is 10.3. The largest absolute Gasteiger partial charge is 0.306 e. The topological polar surface area (TPSA) is 29.9 Å². The second-order valence-corrected chi connectivity index (χ2v) is 4.43. The van der Waals surface area contributed by atoms with E-state index in [4.69, 9.17) is 0 Å². The molecule has 1 atom stereocenters. The summed E-state index contributed by atoms with van der Waals surface area (Å²) < 4.78 is 1.87. The van der Waals surface area contributed by atoms with Gasteiger partial charge in [0.05, 0.1) is 11.7 Å². The standard InChI is InChI=1S/C12H23N3/c1-5-6-7-11(13-10(2)3)12-8-9-15(4)14-12/h8-11,13H,5-7H2,1-4H3. The number of hydrogen-bond acceptors (Lipinski definition) is 2. The number of unbranched alkanes of at least 4 members (excludes halogenated alkanes) is 1. The van der Waals surface area contributed by atoms with E-state index in [1.807, 2.05) is 17.9 Å². The van der Waals surface area contributed by atoms with Crippen LogP contribution < -0.4 is 5.32 Å². The summed E-state index contributed by atoms with van der Waals surface area (Å²) in [5, 5.41) is 8.04. The Morgan fingerprint density at radius 2 is 2.20 bits per heavy atom. The molecule has 86 valence electrons. The summed E-state index contributed by atoms with van der Waals surface area (Å²) in [4.78, 5) is 0. The number of hydrogen-bond donors (Lipinski definition) is 1. The zero-order chi connectivity index (χ0) is 11.3. The van der Waals surface area contributed by atoms with Gasteiger partial charge >= 0.3 is 0 Å². The van der Waals surface area contributed by atoms with E-state index in [1.165, 1.54) is 25.0 Å². The Hall–Kier alpha value is -0.830. The van der Waals surface area contributed by atoms with E-state index in [-0.39, 0.29) is 0 Å². The van der Waals surface area contributed by atoms with Crippen molar-refractivity contribution in [3.05, 3.63) is 18.0 Å². The summed E-state index contributed by atoms with van der Waals surface area (Å²) in [7, 11) is 1.97. The number of nitrogens with zero attached hydrogens (tertiary/aromatic N) is 2. The minimum Gasteiger partial charge on any atom is -0.306 e. The molecule has 1 N–H and O–H groups in total. The minimum atomic E-state index is 0.408. The number of aryl methyl sites for hydroxylation is 1. The lowest BCUT2D eigenvalue weighted by molar-refractivity contribution is 0.428. The van der Waals surface area contributed by atoms with Crippen molar-refractivity contribution in [2.45, 2.75) is 52.1 Å². The molecule has 0 aliphatic rings. The molecule has 0 bridgehead atoms. The summed E-state index contributed by atoms with van der Waals surface area (Å²) in [6, 6.07) is 3.02. The molecule has 0 spiro atoms. The Morgan fingerprint density at radius 3 is 2.67 bits per heavy atom. The van der Waals surface area contributed by atoms with Crippen LogP contribution in [0.4, 0.5) is 0 Å². The first kappa shape index (κ1) is 12.2. The Labute approximate surface area is 92.9 Å². The van der Waals surface area contributed by atoms with E-state index in [0.717, 1.165) is 0 Å². The first-order valence-electron chi connectivity index (χ1n) is 5.89. The Kier molecular flexibility index (Phi) is 4.82. The average molecular weight is 209 g/mol. The lowest BCUT2D eigenvalue weighted by Gasteiger charge is -2.19. The third kappa shape index (κ3) is 4.04. The summed E-state index contributed by atoms with van der Waals surface area (Å²) in [6.07, 6.45) is 5.67. The summed E-state index contributed by atoms with van der Waals surface area (Å²) in [6.45, 7) is 6.59. The van der Waals surface area contributed by atoms with Crippen LogP contribution in [0, 0.1) is 0 Å². The fourth-order valence-corrected chi connectivity index (χ4v) is 1.75. The molecule has 15 heavy (non-hydrogen) atoms. The number of aromatic nitrogens is 2. The average Bonchev–Trinajstić information content (AvgIpc) is 2.58. The van der Waals surface area contributed by atoms with Crippen molar-refractivity contribution in [3.8, 4) is 0 Å². The van der Waals surface area contributed by atoms with Crippen molar-refractivity contribution in [1.29, 1.82) is 0 Å². The Bertz CT molecular complexity index is 278. The highest BCUT2D eigenvalue weighted by molar-refractivity contribution is 5.05. The van der Waals surface area contributed by atoms with Gasteiger partial charge in [-0.25, -0.2) is 0 Å². The molecule has 1 heterocycles. The van der Waals surface area contributed by atoms with Gasteiger partial charge in [-0.2, -0.15) is 5.10 Å². The molecule has 0 amide bonds. The monoisotopic (exact) mass is 209 g/mol. The predicted octanol–water partition coefficient (Wildman–Crippen LogP) is 2.65. The molecular weight excluding hydrogens is 186 g/mol. The minimum absolute atomic E-state index is 0.408. The van der Waals surface area contributed by atoms with Crippen LogP contribution >= 0.6 is 0 Å². The molecule has 0 aliphatic carbocycles. The smallest absolute Gasteiger partial charge is 0.0793 e. The van der Waals surface area contributed by atoms with E-state index in [9.17, 15) is 0 Å². The maximum Gasteiger partial charge on any atom is 0.0793 e. The molecule has 1 rings (SSSR count). The van der Waals surface area contributed by atoms with Gasteiger partial charge in [0, 0.05) is 19.3 Å². The van der Waals surface area contributed by atoms with Crippen LogP contribution in [0.15, 0.2) is 12.3 Å². The van der Waals surface area contributed by atoms with Crippen molar-refractivity contribution in [3.63, 3.8) is 0 Å². The van der Waals surface area contributed by atoms with Gasteiger partial charge in [0.2, 0.25) is 0 Å². The van der Waals surface area contributed by atoms with Crippen LogP contribution in [0.2, 0.25) is 0 Å². The molecule has 1 unspecified atom stereocenters. The first-order chi connectivity index (χ1) is 7.13. The predicted molar refractivity (Wildman–Crippen MR) is 63.7 cm³/mol. The van der Waals surface area contributed by atoms with Gasteiger partial charge in [-0.1, -0.05) is 33.6 Å². The van der Waals surface area contributed by atoms with Gasteiger partial charge in [-0.3, -0.25) is 4.68 Å². The maximum atomic E-state index is 4.47. The highest BCUT2D eigenvalue weighted by Crippen LogP contribution is 2.18. The lowest BCUT2D eigenvalue weighted by atomic mass is 10.1. The lowest BCUT2D eigenvalue weighted by Crippen LogP contribution is -2.28. The van der Waals surface area contributed by atoms with Gasteiger partial charge < -0.3 is 5.32 Å². The van der Waals surface area contributed by atoms with Crippen LogP contribution in [-0.2, 0) is 7.05 Å². The third-order valence-electron chi connectivity index (χ3n) is 2.47. The SMILES string of the molecule is CCCCC(NC(C)C)c1ccn(C)n1. The van der Waals surface area contributed by atoms with E-state index in [1.54, 1.807) is 0 Å². The Balaban J connectivity index is 2.62. The quantitative estimate of drug-likeness (QED) is 0.780. The highest BCUT2D eigenvalue weighted by atomic mass is 15.3. The number of rotatable bonds is 6. The van der Waals surface area contributed by atoms with E-state index in [2.05, 4.69) is 37.3 Å². The molecule has 0 aliphatic heterocycles. The Morgan fingerprint density at radius 1 is 1.47 bits per heavy atom. The van der Waals surface area contributed by atoms with Crippen LogP contribution in [0.25, 0.3) is 0 Å². The molecular formula is C12H23N3. The second kappa shape index (κ2) is 5.91. The fourth-order valence-electron chi connectivity index (χ4n) is 1.75. The highest BCUT2D eigenvalue weighted by Gasteiger charge is 2.14. The summed E-state index contributed by atoms with van der Waals surface area (Å²) >= 11 is 0. The van der Waals surface area contributed by atoms with Gasteiger partial charge in [-0.15, -0.1) is 0 Å². The molecule has 0 aromatic carbocycles. The molecule has 0 saturated carbocycles. The molecule has 0 saturated heterocycles. The third-order valence-corrected chi connectivity index (χ3v) is 2.47. The van der Waals surface area contributed by atoms with Crippen molar-refractivity contribution in [1.82, 2.24) is 15.1 Å². The van der Waals surface area contributed by atoms with Gasteiger partial charge in [0.25, 0.3) is 0 Å². The summed E-state index contributed by atoms with van der Waals surface area (Å²) in [5.41, 5.74) is 1.17. The van der Waals surface area contributed by atoms with Crippen LogP contribution in [0.5, 0.6) is 0 Å². The van der Waals surface area contributed by atoms with Crippen LogP contribution in [0.3, 0.4) is 0 Å². The summed E-state index contributed by atoms with van der Waals surface area (Å²) in [5.74, 6) is 0. The van der Waals surface area contributed by atoms with Crippen molar-refractivity contribution in [2.24, 2.45) is 7.05 Å². The van der Waals surface area contributed by atoms with Gasteiger partial charge in [0.1, 0.15) is 0 Å². The molecule has 3 nitrogen and oxygen atoms in total. The maximum absolute atomic E-state index is 4.47. The second-order valence-electron chi connectivity index (χ2n) is 4.43. The van der Waals surface area contributed by atoms with E-state index in [0.29, 0.717) is 12.1 Å². The molecule has 1 aromatic heterocycles. The van der Waals surface area contributed by atoms with Crippen molar-refractivity contribution in [2.75, 3.05) is 0 Å².